The summed E-state index contributed by atoms with van der Waals surface area (Å²) >= 11 is 0. The van der Waals surface area contributed by atoms with E-state index >= 15 is 0 Å². The van der Waals surface area contributed by atoms with E-state index < -0.39 is 27.3 Å². The molecule has 0 saturated heterocycles. The minimum Gasteiger partial charge on any atom is -0.308 e. The van der Waals surface area contributed by atoms with Crippen LogP contribution in [-0.2, 0) is 14.6 Å². The number of amides is 1. The van der Waals surface area contributed by atoms with Crippen molar-refractivity contribution >= 4 is 21.6 Å². The Hall–Kier alpha value is -2.55. The summed E-state index contributed by atoms with van der Waals surface area (Å²) in [5.74, 6) is 0.200. The number of hydrogen-bond acceptors (Lipinski definition) is 6. The number of nitrogens with one attached hydrogen (secondary N) is 1. The SMILES string of the molecule is Cc1cnc(NC(=O)[C@H](CC2CCCC2)n2cc(S(C)(=O)=O)ccc2=O)cn1. The second-order valence-electron chi connectivity index (χ2n) is 7.32. The van der Waals surface area contributed by atoms with E-state index in [0.29, 0.717) is 18.2 Å². The van der Waals surface area contributed by atoms with Gasteiger partial charge < -0.3 is 9.88 Å². The van der Waals surface area contributed by atoms with Crippen LogP contribution in [0.5, 0.6) is 0 Å². The Labute approximate surface area is 163 Å². The smallest absolute Gasteiger partial charge is 0.251 e. The van der Waals surface area contributed by atoms with Crippen LogP contribution in [0.2, 0.25) is 0 Å². The average molecular weight is 404 g/mol. The molecule has 2 aromatic heterocycles. The zero-order valence-electron chi connectivity index (χ0n) is 16.0. The number of hydrogen-bond donors (Lipinski definition) is 1. The summed E-state index contributed by atoms with van der Waals surface area (Å²) in [4.78, 5) is 33.7. The van der Waals surface area contributed by atoms with Crippen molar-refractivity contribution in [2.24, 2.45) is 5.92 Å². The van der Waals surface area contributed by atoms with E-state index in [-0.39, 0.29) is 4.90 Å². The monoisotopic (exact) mass is 404 g/mol. The summed E-state index contributed by atoms with van der Waals surface area (Å²) in [5, 5.41) is 2.71. The molecule has 0 spiro atoms. The largest absolute Gasteiger partial charge is 0.308 e. The fourth-order valence-corrected chi connectivity index (χ4v) is 4.14. The number of anilines is 1. The number of nitrogens with zero attached hydrogens (tertiary/aromatic N) is 3. The molecule has 3 rings (SSSR count). The number of rotatable bonds is 6. The zero-order chi connectivity index (χ0) is 20.3. The summed E-state index contributed by atoms with van der Waals surface area (Å²) < 4.78 is 25.1. The summed E-state index contributed by atoms with van der Waals surface area (Å²) in [6, 6.07) is 1.64. The molecule has 2 heterocycles. The Kier molecular flexibility index (Phi) is 5.93. The van der Waals surface area contributed by atoms with Crippen molar-refractivity contribution in [2.45, 2.75) is 50.0 Å². The summed E-state index contributed by atoms with van der Waals surface area (Å²) in [6.45, 7) is 1.79. The molecule has 9 heteroatoms. The number of aromatic nitrogens is 3. The second-order valence-corrected chi connectivity index (χ2v) is 9.33. The Morgan fingerprint density at radius 1 is 1.25 bits per heavy atom. The predicted octanol–water partition coefficient (Wildman–Crippen LogP) is 2.11. The molecule has 1 aliphatic rings. The first-order valence-corrected chi connectivity index (χ1v) is 11.1. The van der Waals surface area contributed by atoms with Gasteiger partial charge in [0.2, 0.25) is 5.91 Å². The van der Waals surface area contributed by atoms with E-state index in [1.54, 1.807) is 6.92 Å². The maximum Gasteiger partial charge on any atom is 0.251 e. The third-order valence-electron chi connectivity index (χ3n) is 5.04. The summed E-state index contributed by atoms with van der Waals surface area (Å²) in [7, 11) is -3.51. The van der Waals surface area contributed by atoms with Gasteiger partial charge in [0.05, 0.1) is 23.0 Å². The highest BCUT2D eigenvalue weighted by Gasteiger charge is 2.28. The van der Waals surface area contributed by atoms with Crippen LogP contribution in [0.1, 0.15) is 43.8 Å². The molecular weight excluding hydrogens is 380 g/mol. The lowest BCUT2D eigenvalue weighted by Gasteiger charge is -2.22. The first kappa shape index (κ1) is 20.2. The van der Waals surface area contributed by atoms with E-state index in [9.17, 15) is 18.0 Å². The zero-order valence-corrected chi connectivity index (χ0v) is 16.8. The van der Waals surface area contributed by atoms with Crippen LogP contribution in [0, 0.1) is 12.8 Å². The molecule has 1 N–H and O–H groups in total. The third kappa shape index (κ3) is 4.83. The number of aryl methyl sites for hydroxylation is 1. The highest BCUT2D eigenvalue weighted by Crippen LogP contribution is 2.32. The van der Waals surface area contributed by atoms with Crippen LogP contribution in [0.25, 0.3) is 0 Å². The molecule has 0 aliphatic heterocycles. The number of pyridine rings is 1. The second kappa shape index (κ2) is 8.22. The molecule has 8 nitrogen and oxygen atoms in total. The van der Waals surface area contributed by atoms with Crippen molar-refractivity contribution in [1.29, 1.82) is 0 Å². The fraction of sp³-hybridized carbons (Fsp3) is 0.474. The highest BCUT2D eigenvalue weighted by molar-refractivity contribution is 7.90. The molecule has 1 atom stereocenters. The van der Waals surface area contributed by atoms with Gasteiger partial charge in [-0.2, -0.15) is 0 Å². The molecule has 1 aliphatic carbocycles. The lowest BCUT2D eigenvalue weighted by molar-refractivity contribution is -0.119. The minimum absolute atomic E-state index is 0.00597. The molecular formula is C19H24N4O4S. The summed E-state index contributed by atoms with van der Waals surface area (Å²) in [6.07, 6.45) is 9.99. The van der Waals surface area contributed by atoms with Gasteiger partial charge in [0.15, 0.2) is 15.7 Å². The van der Waals surface area contributed by atoms with Gasteiger partial charge in [-0.3, -0.25) is 14.6 Å². The van der Waals surface area contributed by atoms with E-state index in [1.807, 2.05) is 0 Å². The molecule has 0 unspecified atom stereocenters. The Morgan fingerprint density at radius 2 is 1.96 bits per heavy atom. The van der Waals surface area contributed by atoms with Gasteiger partial charge in [-0.15, -0.1) is 0 Å². The van der Waals surface area contributed by atoms with Crippen LogP contribution >= 0.6 is 0 Å². The van der Waals surface area contributed by atoms with E-state index in [1.165, 1.54) is 35.3 Å². The molecule has 150 valence electrons. The van der Waals surface area contributed by atoms with Crippen molar-refractivity contribution in [3.05, 3.63) is 46.8 Å². The Bertz CT molecular complexity index is 1010. The molecule has 0 radical (unpaired) electrons. The van der Waals surface area contributed by atoms with Gasteiger partial charge in [-0.05, 0) is 25.3 Å². The number of carbonyl (C=O) groups excluding carboxylic acids is 1. The number of sulfone groups is 1. The quantitative estimate of drug-likeness (QED) is 0.789. The molecule has 1 amide bonds. The van der Waals surface area contributed by atoms with Crippen LogP contribution in [0.15, 0.2) is 40.4 Å². The first-order chi connectivity index (χ1) is 13.2. The van der Waals surface area contributed by atoms with Crippen molar-refractivity contribution < 1.29 is 13.2 Å². The topological polar surface area (TPSA) is 111 Å². The van der Waals surface area contributed by atoms with E-state index in [2.05, 4.69) is 15.3 Å². The maximum atomic E-state index is 13.0. The standard InChI is InChI=1S/C19H24N4O4S/c1-13-10-21-17(11-20-13)22-19(25)16(9-14-5-3-4-6-14)23-12-15(28(2,26)27)7-8-18(23)24/h7-8,10-12,14,16H,3-6,9H2,1-2H3,(H,21,22,25)/t16-/m0/s1. The molecule has 0 aromatic carbocycles. The average Bonchev–Trinajstić information content (AvgIpc) is 3.14. The van der Waals surface area contributed by atoms with Crippen molar-refractivity contribution in [3.63, 3.8) is 0 Å². The lowest BCUT2D eigenvalue weighted by Crippen LogP contribution is -2.34. The molecule has 1 fully saturated rings. The Morgan fingerprint density at radius 3 is 2.57 bits per heavy atom. The fourth-order valence-electron chi connectivity index (χ4n) is 3.52. The van der Waals surface area contributed by atoms with Gasteiger partial charge in [0.1, 0.15) is 6.04 Å². The van der Waals surface area contributed by atoms with Crippen molar-refractivity contribution in [1.82, 2.24) is 14.5 Å². The minimum atomic E-state index is -3.51. The van der Waals surface area contributed by atoms with Crippen molar-refractivity contribution in [3.8, 4) is 0 Å². The third-order valence-corrected chi connectivity index (χ3v) is 6.14. The highest BCUT2D eigenvalue weighted by atomic mass is 32.2. The van der Waals surface area contributed by atoms with Crippen molar-refractivity contribution in [2.75, 3.05) is 11.6 Å². The van der Waals surface area contributed by atoms with E-state index in [4.69, 9.17) is 0 Å². The van der Waals surface area contributed by atoms with Crippen LogP contribution in [0.3, 0.4) is 0 Å². The van der Waals surface area contributed by atoms with E-state index in [0.717, 1.165) is 37.6 Å². The predicted molar refractivity (Wildman–Crippen MR) is 105 cm³/mol. The lowest BCUT2D eigenvalue weighted by atomic mass is 9.97. The Balaban J connectivity index is 1.95. The molecule has 1 saturated carbocycles. The van der Waals surface area contributed by atoms with Crippen LogP contribution < -0.4 is 10.9 Å². The maximum absolute atomic E-state index is 13.0. The number of carbonyl (C=O) groups is 1. The van der Waals surface area contributed by atoms with Gasteiger partial charge in [0, 0.05) is 18.5 Å². The van der Waals surface area contributed by atoms with Gasteiger partial charge in [0.25, 0.3) is 5.56 Å². The van der Waals surface area contributed by atoms with Crippen LogP contribution in [-0.4, -0.2) is 35.1 Å². The molecule has 0 bridgehead atoms. The first-order valence-electron chi connectivity index (χ1n) is 9.26. The van der Waals surface area contributed by atoms with Crippen LogP contribution in [0.4, 0.5) is 5.82 Å². The molecule has 2 aromatic rings. The van der Waals surface area contributed by atoms with Gasteiger partial charge in [-0.1, -0.05) is 25.7 Å². The van der Waals surface area contributed by atoms with Gasteiger partial charge >= 0.3 is 0 Å². The summed E-state index contributed by atoms with van der Waals surface area (Å²) in [5.41, 5.74) is 0.304. The molecule has 28 heavy (non-hydrogen) atoms. The normalized spacial score (nSPS) is 16.1. The van der Waals surface area contributed by atoms with Gasteiger partial charge in [-0.25, -0.2) is 13.4 Å².